The number of ether oxygens (including phenoxy) is 1. The Morgan fingerprint density at radius 2 is 1.72 bits per heavy atom. The molecule has 0 spiro atoms. The first-order valence-corrected chi connectivity index (χ1v) is 8.29. The molecule has 6 heteroatoms. The van der Waals surface area contributed by atoms with Crippen LogP contribution in [-0.2, 0) is 10.3 Å². The van der Waals surface area contributed by atoms with E-state index in [4.69, 9.17) is 16.3 Å². The predicted octanol–water partition coefficient (Wildman–Crippen LogP) is 5.30. The lowest BCUT2D eigenvalue weighted by Gasteiger charge is -2.29. The van der Waals surface area contributed by atoms with Crippen LogP contribution in [-0.4, -0.2) is 16.7 Å². The van der Waals surface area contributed by atoms with Gasteiger partial charge in [-0.05, 0) is 76.6 Å². The fourth-order valence-electron chi connectivity index (χ4n) is 2.26. The first-order valence-electron chi connectivity index (χ1n) is 7.91. The van der Waals surface area contributed by atoms with E-state index >= 15 is 0 Å². The van der Waals surface area contributed by atoms with Crippen molar-refractivity contribution >= 4 is 17.7 Å². The van der Waals surface area contributed by atoms with Gasteiger partial charge in [0.1, 0.15) is 16.6 Å². The number of amides is 1. The van der Waals surface area contributed by atoms with Crippen molar-refractivity contribution in [1.29, 1.82) is 0 Å². The number of carbonyl (C=O) groups excluding carboxylic acids is 1. The van der Waals surface area contributed by atoms with E-state index in [9.17, 15) is 9.18 Å². The molecule has 0 saturated heterocycles. The maximum atomic E-state index is 13.1. The van der Waals surface area contributed by atoms with Gasteiger partial charge in [-0.1, -0.05) is 11.6 Å². The molecule has 0 atom stereocenters. The van der Waals surface area contributed by atoms with Crippen molar-refractivity contribution in [2.75, 3.05) is 0 Å². The maximum absolute atomic E-state index is 13.1. The summed E-state index contributed by atoms with van der Waals surface area (Å²) in [5.41, 5.74) is 0.774. The van der Waals surface area contributed by atoms with Crippen molar-refractivity contribution in [2.24, 2.45) is 0 Å². The predicted molar refractivity (Wildman–Crippen MR) is 97.0 cm³/mol. The molecule has 1 N–H and O–H groups in total. The largest absolute Gasteiger partial charge is 0.444 e. The molecule has 25 heavy (non-hydrogen) atoms. The van der Waals surface area contributed by atoms with Gasteiger partial charge in [0.15, 0.2) is 0 Å². The summed E-state index contributed by atoms with van der Waals surface area (Å²) in [6, 6.07) is 9.49. The van der Waals surface area contributed by atoms with Crippen LogP contribution >= 0.6 is 11.6 Å². The smallest absolute Gasteiger partial charge is 0.408 e. The highest BCUT2D eigenvalue weighted by Crippen LogP contribution is 2.28. The molecule has 0 fully saturated rings. The minimum Gasteiger partial charge on any atom is -0.444 e. The Morgan fingerprint density at radius 1 is 1.12 bits per heavy atom. The number of carbonyl (C=O) groups is 1. The molecule has 4 nitrogen and oxygen atoms in total. The third kappa shape index (κ3) is 5.43. The van der Waals surface area contributed by atoms with Gasteiger partial charge in [0.05, 0.1) is 11.2 Å². The first kappa shape index (κ1) is 19.2. The summed E-state index contributed by atoms with van der Waals surface area (Å²) in [5, 5.41) is 3.12. The number of nitrogens with one attached hydrogen (secondary N) is 1. The topological polar surface area (TPSA) is 51.2 Å². The van der Waals surface area contributed by atoms with Gasteiger partial charge in [0.25, 0.3) is 0 Å². The molecule has 134 valence electrons. The Balaban J connectivity index is 2.31. The summed E-state index contributed by atoms with van der Waals surface area (Å²) >= 11 is 6.15. The zero-order chi connectivity index (χ0) is 18.8. The second-order valence-corrected chi connectivity index (χ2v) is 7.71. The highest BCUT2D eigenvalue weighted by molar-refractivity contribution is 6.29. The van der Waals surface area contributed by atoms with Crippen molar-refractivity contribution < 1.29 is 13.9 Å². The molecule has 1 aromatic carbocycles. The quantitative estimate of drug-likeness (QED) is 0.752. The number of nitrogens with zero attached hydrogens (tertiary/aromatic N) is 1. The number of halogens is 2. The lowest BCUT2D eigenvalue weighted by molar-refractivity contribution is 0.0470. The van der Waals surface area contributed by atoms with Gasteiger partial charge in [-0.25, -0.2) is 14.2 Å². The van der Waals surface area contributed by atoms with Crippen LogP contribution in [0.2, 0.25) is 5.15 Å². The van der Waals surface area contributed by atoms with Gasteiger partial charge in [-0.2, -0.15) is 0 Å². The zero-order valence-corrected chi connectivity index (χ0v) is 15.7. The molecule has 0 unspecified atom stereocenters. The summed E-state index contributed by atoms with van der Waals surface area (Å²) in [6.45, 7) is 9.09. The molecule has 1 heterocycles. The van der Waals surface area contributed by atoms with Gasteiger partial charge in [-0.15, -0.1) is 0 Å². The minimum atomic E-state index is -0.732. The number of benzene rings is 1. The molecular formula is C19H22ClFN2O2. The van der Waals surface area contributed by atoms with E-state index in [0.717, 1.165) is 11.1 Å². The molecule has 0 radical (unpaired) electrons. The van der Waals surface area contributed by atoms with E-state index in [2.05, 4.69) is 10.3 Å². The highest BCUT2D eigenvalue weighted by atomic mass is 35.5. The number of alkyl carbamates (subject to hydrolysis) is 1. The normalized spacial score (nSPS) is 12.0. The van der Waals surface area contributed by atoms with E-state index in [0.29, 0.717) is 5.69 Å². The van der Waals surface area contributed by atoms with Crippen molar-refractivity contribution in [1.82, 2.24) is 10.3 Å². The monoisotopic (exact) mass is 364 g/mol. The third-order valence-electron chi connectivity index (χ3n) is 3.47. The molecule has 1 amide bonds. The van der Waals surface area contributed by atoms with Crippen LogP contribution in [0.5, 0.6) is 0 Å². The molecule has 1 aromatic heterocycles. The molecule has 0 aliphatic carbocycles. The molecule has 0 bridgehead atoms. The van der Waals surface area contributed by atoms with Gasteiger partial charge in [0.2, 0.25) is 0 Å². The van der Waals surface area contributed by atoms with Crippen molar-refractivity contribution in [3.05, 3.63) is 52.9 Å². The molecule has 2 aromatic rings. The summed E-state index contributed by atoms with van der Waals surface area (Å²) in [6.07, 6.45) is -0.520. The number of hydrogen-bond acceptors (Lipinski definition) is 3. The van der Waals surface area contributed by atoms with Crippen LogP contribution in [0.25, 0.3) is 11.3 Å². The van der Waals surface area contributed by atoms with Gasteiger partial charge in [0, 0.05) is 5.56 Å². The van der Waals surface area contributed by atoms with Crippen LogP contribution in [0, 0.1) is 5.82 Å². The van der Waals surface area contributed by atoms with Crippen LogP contribution in [0.15, 0.2) is 36.4 Å². The average Bonchev–Trinajstić information content (AvgIpc) is 2.44. The van der Waals surface area contributed by atoms with E-state index in [1.807, 2.05) is 19.9 Å². The van der Waals surface area contributed by atoms with Crippen molar-refractivity contribution in [2.45, 2.75) is 45.8 Å². The van der Waals surface area contributed by atoms with Gasteiger partial charge in [-0.3, -0.25) is 0 Å². The number of pyridine rings is 1. The SMILES string of the molecule is CC(C)(C)OC(=O)NC(C)(C)c1cc(Cl)nc(-c2ccc(F)cc2)c1. The van der Waals surface area contributed by atoms with Gasteiger partial charge < -0.3 is 10.1 Å². The van der Waals surface area contributed by atoms with Crippen LogP contribution in [0.1, 0.15) is 40.2 Å². The number of rotatable bonds is 3. The van der Waals surface area contributed by atoms with E-state index < -0.39 is 17.2 Å². The van der Waals surface area contributed by atoms with E-state index in [-0.39, 0.29) is 11.0 Å². The Labute approximate surface area is 152 Å². The van der Waals surface area contributed by atoms with Crippen molar-refractivity contribution in [3.8, 4) is 11.3 Å². The Morgan fingerprint density at radius 3 is 2.28 bits per heavy atom. The van der Waals surface area contributed by atoms with Crippen LogP contribution in [0.3, 0.4) is 0 Å². The first-order chi connectivity index (χ1) is 11.5. The van der Waals surface area contributed by atoms with E-state index in [1.165, 1.54) is 12.1 Å². The fourth-order valence-corrected chi connectivity index (χ4v) is 2.47. The summed E-state index contributed by atoms with van der Waals surface area (Å²) in [5.74, 6) is -0.321. The summed E-state index contributed by atoms with van der Waals surface area (Å²) in [7, 11) is 0. The molecule has 0 saturated carbocycles. The molecule has 0 aliphatic heterocycles. The van der Waals surface area contributed by atoms with Gasteiger partial charge >= 0.3 is 6.09 Å². The lowest BCUT2D eigenvalue weighted by Crippen LogP contribution is -2.43. The summed E-state index contributed by atoms with van der Waals surface area (Å²) in [4.78, 5) is 16.4. The van der Waals surface area contributed by atoms with Crippen LogP contribution < -0.4 is 5.32 Å². The average molecular weight is 365 g/mol. The second-order valence-electron chi connectivity index (χ2n) is 7.32. The Bertz CT molecular complexity index is 768. The minimum absolute atomic E-state index is 0.288. The standard InChI is InChI=1S/C19H22ClFN2O2/c1-18(2,3)25-17(24)23-19(4,5)13-10-15(22-16(20)11-13)12-6-8-14(21)9-7-12/h6-11H,1-5H3,(H,23,24). The molecular weight excluding hydrogens is 343 g/mol. The van der Waals surface area contributed by atoms with Crippen molar-refractivity contribution in [3.63, 3.8) is 0 Å². The third-order valence-corrected chi connectivity index (χ3v) is 3.66. The highest BCUT2D eigenvalue weighted by Gasteiger charge is 2.27. The number of aromatic nitrogens is 1. The molecule has 2 rings (SSSR count). The fraction of sp³-hybridized carbons (Fsp3) is 0.368. The van der Waals surface area contributed by atoms with E-state index in [1.54, 1.807) is 39.0 Å². The Kier molecular flexibility index (Phi) is 5.37. The molecule has 0 aliphatic rings. The lowest BCUT2D eigenvalue weighted by atomic mass is 9.94. The Hall–Kier alpha value is -2.14. The zero-order valence-electron chi connectivity index (χ0n) is 15.0. The summed E-state index contributed by atoms with van der Waals surface area (Å²) < 4.78 is 18.4. The maximum Gasteiger partial charge on any atom is 0.408 e. The van der Waals surface area contributed by atoms with Crippen LogP contribution in [0.4, 0.5) is 9.18 Å². The second kappa shape index (κ2) is 7.00. The number of hydrogen-bond donors (Lipinski definition) is 1.